The summed E-state index contributed by atoms with van der Waals surface area (Å²) in [6.45, 7) is 1.52. The van der Waals surface area contributed by atoms with Crippen LogP contribution in [0.2, 0.25) is 5.02 Å². The highest BCUT2D eigenvalue weighted by Crippen LogP contribution is 2.16. The summed E-state index contributed by atoms with van der Waals surface area (Å²) >= 11 is 5.80. The minimum atomic E-state index is -1.18. The molecule has 0 aliphatic heterocycles. The molecule has 4 nitrogen and oxygen atoms in total. The van der Waals surface area contributed by atoms with Crippen molar-refractivity contribution in [3.63, 3.8) is 0 Å². The van der Waals surface area contributed by atoms with E-state index in [2.05, 4.69) is 5.43 Å². The molecule has 1 unspecified atom stereocenters. The average Bonchev–Trinajstić information content (AvgIpc) is 2.17. The first-order chi connectivity index (χ1) is 6.98. The fourth-order valence-corrected chi connectivity index (χ4v) is 1.46. The van der Waals surface area contributed by atoms with E-state index in [0.717, 1.165) is 5.56 Å². The van der Waals surface area contributed by atoms with E-state index in [-0.39, 0.29) is 6.42 Å². The molecule has 1 aromatic carbocycles. The molecule has 0 radical (unpaired) electrons. The number of halogens is 1. The van der Waals surface area contributed by atoms with Gasteiger partial charge in [0.15, 0.2) is 0 Å². The Balaban J connectivity index is 2.89. The van der Waals surface area contributed by atoms with Crippen LogP contribution in [0.25, 0.3) is 0 Å². The minimum Gasteiger partial charge on any atom is -0.480 e. The third-order valence-electron chi connectivity index (χ3n) is 2.24. The van der Waals surface area contributed by atoms with Crippen molar-refractivity contribution >= 4 is 17.6 Å². The molecule has 0 aliphatic carbocycles. The third kappa shape index (κ3) is 2.92. The lowest BCUT2D eigenvalue weighted by molar-refractivity contribution is -0.144. The maximum absolute atomic E-state index is 11.0. The molecule has 1 atom stereocenters. The summed E-state index contributed by atoms with van der Waals surface area (Å²) < 4.78 is 0. The molecule has 0 heterocycles. The van der Waals surface area contributed by atoms with Gasteiger partial charge in [-0.3, -0.25) is 10.6 Å². The number of carboxylic acid groups (broad SMARTS) is 1. The molecular weight excluding hydrogens is 216 g/mol. The van der Waals surface area contributed by atoms with Crippen LogP contribution < -0.4 is 11.3 Å². The predicted octanol–water partition coefficient (Wildman–Crippen LogP) is 1.19. The van der Waals surface area contributed by atoms with Crippen molar-refractivity contribution in [2.45, 2.75) is 18.9 Å². The van der Waals surface area contributed by atoms with Gasteiger partial charge in [-0.25, -0.2) is 5.43 Å². The number of benzene rings is 1. The Morgan fingerprint density at radius 1 is 1.67 bits per heavy atom. The van der Waals surface area contributed by atoms with E-state index >= 15 is 0 Å². The van der Waals surface area contributed by atoms with E-state index in [9.17, 15) is 4.79 Å². The fourth-order valence-electron chi connectivity index (χ4n) is 1.24. The Morgan fingerprint density at radius 2 is 2.33 bits per heavy atom. The molecule has 1 aromatic rings. The molecule has 0 saturated carbocycles. The van der Waals surface area contributed by atoms with Crippen molar-refractivity contribution in [2.75, 3.05) is 0 Å². The van der Waals surface area contributed by atoms with Crippen LogP contribution in [0.4, 0.5) is 0 Å². The largest absolute Gasteiger partial charge is 0.480 e. The minimum absolute atomic E-state index is 0.277. The van der Waals surface area contributed by atoms with Gasteiger partial charge < -0.3 is 5.11 Å². The molecule has 4 N–H and O–H groups in total. The first-order valence-electron chi connectivity index (χ1n) is 4.43. The van der Waals surface area contributed by atoms with Crippen LogP contribution >= 0.6 is 11.6 Å². The highest BCUT2D eigenvalue weighted by molar-refractivity contribution is 6.30. The first kappa shape index (κ1) is 12.0. The second kappa shape index (κ2) is 4.61. The summed E-state index contributed by atoms with van der Waals surface area (Å²) in [7, 11) is 0. The van der Waals surface area contributed by atoms with Crippen LogP contribution in [0.5, 0.6) is 0 Å². The summed E-state index contributed by atoms with van der Waals surface area (Å²) in [5, 5.41) is 9.57. The summed E-state index contributed by atoms with van der Waals surface area (Å²) in [6, 6.07) is 7.04. The van der Waals surface area contributed by atoms with E-state index in [4.69, 9.17) is 22.6 Å². The van der Waals surface area contributed by atoms with Gasteiger partial charge in [-0.1, -0.05) is 23.7 Å². The monoisotopic (exact) mass is 228 g/mol. The average molecular weight is 229 g/mol. The third-order valence-corrected chi connectivity index (χ3v) is 2.47. The molecule has 5 heteroatoms. The zero-order chi connectivity index (χ0) is 11.5. The summed E-state index contributed by atoms with van der Waals surface area (Å²) in [5.74, 6) is 4.23. The highest BCUT2D eigenvalue weighted by atomic mass is 35.5. The number of aliphatic carboxylic acids is 1. The zero-order valence-corrected chi connectivity index (χ0v) is 9.08. The zero-order valence-electron chi connectivity index (χ0n) is 8.33. The normalized spacial score (nSPS) is 14.6. The summed E-state index contributed by atoms with van der Waals surface area (Å²) in [5.41, 5.74) is 1.95. The van der Waals surface area contributed by atoms with Crippen molar-refractivity contribution in [3.8, 4) is 0 Å². The Hall–Kier alpha value is -1.10. The van der Waals surface area contributed by atoms with Crippen LogP contribution in [-0.4, -0.2) is 16.6 Å². The second-order valence-electron chi connectivity index (χ2n) is 3.59. The molecule has 82 valence electrons. The van der Waals surface area contributed by atoms with E-state index in [1.807, 2.05) is 6.07 Å². The predicted molar refractivity (Wildman–Crippen MR) is 58.5 cm³/mol. The molecule has 0 amide bonds. The van der Waals surface area contributed by atoms with Crippen LogP contribution in [-0.2, 0) is 11.2 Å². The van der Waals surface area contributed by atoms with Crippen molar-refractivity contribution in [1.29, 1.82) is 0 Å². The smallest absolute Gasteiger partial charge is 0.325 e. The Kier molecular flexibility index (Phi) is 3.68. The Morgan fingerprint density at radius 3 is 2.80 bits per heavy atom. The number of hydrogen-bond donors (Lipinski definition) is 3. The van der Waals surface area contributed by atoms with E-state index in [0.29, 0.717) is 5.02 Å². The van der Waals surface area contributed by atoms with Gasteiger partial charge in [0.1, 0.15) is 5.54 Å². The molecule has 0 aliphatic rings. The Labute approximate surface area is 93.0 Å². The topological polar surface area (TPSA) is 75.3 Å². The fraction of sp³-hybridized carbons (Fsp3) is 0.300. The van der Waals surface area contributed by atoms with Gasteiger partial charge in [0, 0.05) is 11.4 Å². The van der Waals surface area contributed by atoms with Crippen molar-refractivity contribution in [3.05, 3.63) is 34.9 Å². The lowest BCUT2D eigenvalue weighted by Gasteiger charge is -2.23. The highest BCUT2D eigenvalue weighted by Gasteiger charge is 2.31. The molecule has 1 rings (SSSR count). The maximum Gasteiger partial charge on any atom is 0.325 e. The molecule has 0 bridgehead atoms. The number of hydrazine groups is 1. The number of carbonyl (C=O) groups is 1. The molecular formula is C10H13ClN2O2. The quantitative estimate of drug-likeness (QED) is 0.535. The number of rotatable bonds is 4. The van der Waals surface area contributed by atoms with E-state index in [1.165, 1.54) is 6.92 Å². The van der Waals surface area contributed by atoms with Crippen LogP contribution in [0, 0.1) is 0 Å². The van der Waals surface area contributed by atoms with Crippen LogP contribution in [0.15, 0.2) is 24.3 Å². The van der Waals surface area contributed by atoms with Gasteiger partial charge in [0.2, 0.25) is 0 Å². The number of nitrogens with two attached hydrogens (primary N) is 1. The number of nitrogens with one attached hydrogen (secondary N) is 1. The van der Waals surface area contributed by atoms with Crippen molar-refractivity contribution < 1.29 is 9.90 Å². The van der Waals surface area contributed by atoms with Gasteiger partial charge in [0.05, 0.1) is 0 Å². The molecule has 0 aromatic heterocycles. The lowest BCUT2D eigenvalue weighted by Crippen LogP contribution is -2.54. The van der Waals surface area contributed by atoms with Crippen molar-refractivity contribution in [2.24, 2.45) is 5.84 Å². The second-order valence-corrected chi connectivity index (χ2v) is 4.02. The van der Waals surface area contributed by atoms with Gasteiger partial charge in [-0.15, -0.1) is 0 Å². The number of hydrogen-bond acceptors (Lipinski definition) is 3. The maximum atomic E-state index is 11.0. The lowest BCUT2D eigenvalue weighted by atomic mass is 9.94. The van der Waals surface area contributed by atoms with Crippen LogP contribution in [0.3, 0.4) is 0 Å². The molecule has 15 heavy (non-hydrogen) atoms. The van der Waals surface area contributed by atoms with Gasteiger partial charge in [0.25, 0.3) is 0 Å². The molecule has 0 spiro atoms. The van der Waals surface area contributed by atoms with E-state index in [1.54, 1.807) is 18.2 Å². The van der Waals surface area contributed by atoms with Crippen molar-refractivity contribution in [1.82, 2.24) is 5.43 Å². The van der Waals surface area contributed by atoms with Crippen LogP contribution in [0.1, 0.15) is 12.5 Å². The molecule has 0 saturated heterocycles. The number of carboxylic acids is 1. The summed E-state index contributed by atoms with van der Waals surface area (Å²) in [6.07, 6.45) is 0.277. The standard InChI is InChI=1S/C10H13ClN2O2/c1-10(13-12,9(14)15)6-7-3-2-4-8(11)5-7/h2-5,13H,6,12H2,1H3,(H,14,15). The van der Waals surface area contributed by atoms with Gasteiger partial charge in [-0.05, 0) is 24.6 Å². The first-order valence-corrected chi connectivity index (χ1v) is 4.81. The van der Waals surface area contributed by atoms with Gasteiger partial charge >= 0.3 is 5.97 Å². The SMILES string of the molecule is CC(Cc1cccc(Cl)c1)(NN)C(=O)O. The van der Waals surface area contributed by atoms with E-state index < -0.39 is 11.5 Å². The summed E-state index contributed by atoms with van der Waals surface area (Å²) in [4.78, 5) is 11.0. The Bertz CT molecular complexity index is 370. The van der Waals surface area contributed by atoms with Gasteiger partial charge in [-0.2, -0.15) is 0 Å². The molecule has 0 fully saturated rings.